The minimum absolute atomic E-state index is 0.168. The summed E-state index contributed by atoms with van der Waals surface area (Å²) in [5, 5.41) is 4.38. The summed E-state index contributed by atoms with van der Waals surface area (Å²) in [6.07, 6.45) is 4.75. The zero-order valence-electron chi connectivity index (χ0n) is 10.2. The Bertz CT molecular complexity index is 575. The van der Waals surface area contributed by atoms with Crippen molar-refractivity contribution in [3.8, 4) is 0 Å². The summed E-state index contributed by atoms with van der Waals surface area (Å²) >= 11 is 0. The average molecular weight is 240 g/mol. The number of nitrogens with one attached hydrogen (secondary N) is 1. The van der Waals surface area contributed by atoms with Crippen molar-refractivity contribution in [3.63, 3.8) is 0 Å². The molecule has 92 valence electrons. The predicted octanol–water partition coefficient (Wildman–Crippen LogP) is 2.56. The number of aromatic nitrogens is 1. The van der Waals surface area contributed by atoms with Crippen LogP contribution >= 0.6 is 0 Å². The Labute approximate surface area is 106 Å². The van der Waals surface area contributed by atoms with Crippen LogP contribution in [-0.4, -0.2) is 23.4 Å². The molecule has 0 bridgehead atoms. The van der Waals surface area contributed by atoms with Crippen molar-refractivity contribution in [2.24, 2.45) is 0 Å². The van der Waals surface area contributed by atoms with Crippen LogP contribution in [0.5, 0.6) is 0 Å². The zero-order valence-corrected chi connectivity index (χ0v) is 10.2. The van der Waals surface area contributed by atoms with Gasteiger partial charge in [-0.15, -0.1) is 0 Å². The second-order valence-corrected chi connectivity index (χ2v) is 4.82. The smallest absolute Gasteiger partial charge is 0.165 e. The molecular weight excluding hydrogens is 224 g/mol. The van der Waals surface area contributed by atoms with Gasteiger partial charge in [-0.3, -0.25) is 9.78 Å². The lowest BCUT2D eigenvalue weighted by Crippen LogP contribution is -2.20. The summed E-state index contributed by atoms with van der Waals surface area (Å²) < 4.78 is 0. The van der Waals surface area contributed by atoms with E-state index in [1.165, 1.54) is 12.8 Å². The molecule has 1 aromatic heterocycles. The van der Waals surface area contributed by atoms with Gasteiger partial charge in [0.05, 0.1) is 5.52 Å². The molecule has 3 heteroatoms. The standard InChI is InChI=1S/C15H16N2O/c18-15(7-8-16-13-5-6-13)12-9-11-3-1-2-4-14(11)17-10-12/h1-4,9-10,13,16H,5-8H2. The van der Waals surface area contributed by atoms with Crippen molar-refractivity contribution in [1.29, 1.82) is 0 Å². The van der Waals surface area contributed by atoms with E-state index in [0.29, 0.717) is 18.0 Å². The molecule has 1 aromatic carbocycles. The molecule has 1 heterocycles. The van der Waals surface area contributed by atoms with Gasteiger partial charge in [-0.05, 0) is 25.0 Å². The van der Waals surface area contributed by atoms with Crippen molar-refractivity contribution in [3.05, 3.63) is 42.1 Å². The number of nitrogens with zero attached hydrogens (tertiary/aromatic N) is 1. The third-order valence-electron chi connectivity index (χ3n) is 3.27. The number of hydrogen-bond acceptors (Lipinski definition) is 3. The molecule has 0 atom stereocenters. The number of fused-ring (bicyclic) bond motifs is 1. The molecule has 0 saturated heterocycles. The van der Waals surface area contributed by atoms with Gasteiger partial charge in [-0.1, -0.05) is 18.2 Å². The first-order valence-corrected chi connectivity index (χ1v) is 6.44. The maximum absolute atomic E-state index is 12.0. The van der Waals surface area contributed by atoms with Gasteiger partial charge in [0.15, 0.2) is 5.78 Å². The van der Waals surface area contributed by atoms with E-state index in [4.69, 9.17) is 0 Å². The van der Waals surface area contributed by atoms with Crippen LogP contribution in [0.4, 0.5) is 0 Å². The Morgan fingerprint density at radius 3 is 3.00 bits per heavy atom. The number of ketones is 1. The van der Waals surface area contributed by atoms with E-state index < -0.39 is 0 Å². The highest BCUT2D eigenvalue weighted by molar-refractivity contribution is 5.98. The first kappa shape index (κ1) is 11.4. The molecule has 0 aliphatic heterocycles. The summed E-state index contributed by atoms with van der Waals surface area (Å²) in [7, 11) is 0. The summed E-state index contributed by atoms with van der Waals surface area (Å²) in [5.74, 6) is 0.168. The predicted molar refractivity (Wildman–Crippen MR) is 71.7 cm³/mol. The van der Waals surface area contributed by atoms with E-state index in [1.807, 2.05) is 30.3 Å². The molecule has 0 radical (unpaired) electrons. The number of rotatable bonds is 5. The van der Waals surface area contributed by atoms with Crippen molar-refractivity contribution >= 4 is 16.7 Å². The SMILES string of the molecule is O=C(CCNC1CC1)c1cnc2ccccc2c1. The molecule has 3 rings (SSSR count). The summed E-state index contributed by atoms with van der Waals surface area (Å²) in [4.78, 5) is 16.3. The lowest BCUT2D eigenvalue weighted by molar-refractivity contribution is 0.0982. The van der Waals surface area contributed by atoms with Crippen LogP contribution < -0.4 is 5.32 Å². The highest BCUT2D eigenvalue weighted by atomic mass is 16.1. The third-order valence-corrected chi connectivity index (χ3v) is 3.27. The molecule has 1 aliphatic rings. The van der Waals surface area contributed by atoms with Gasteiger partial charge in [-0.2, -0.15) is 0 Å². The first-order chi connectivity index (χ1) is 8.83. The van der Waals surface area contributed by atoms with Crippen LogP contribution in [0.3, 0.4) is 0 Å². The number of Topliss-reactive ketones (excluding diaryl/α,β-unsaturated/α-hetero) is 1. The lowest BCUT2D eigenvalue weighted by atomic mass is 10.1. The highest BCUT2D eigenvalue weighted by Crippen LogP contribution is 2.18. The topological polar surface area (TPSA) is 42.0 Å². The summed E-state index contributed by atoms with van der Waals surface area (Å²) in [6, 6.07) is 10.5. The maximum Gasteiger partial charge on any atom is 0.165 e. The minimum atomic E-state index is 0.168. The van der Waals surface area contributed by atoms with Crippen LogP contribution in [0.25, 0.3) is 10.9 Å². The van der Waals surface area contributed by atoms with Gasteiger partial charge in [0.2, 0.25) is 0 Å². The van der Waals surface area contributed by atoms with Crippen molar-refractivity contribution in [2.45, 2.75) is 25.3 Å². The second-order valence-electron chi connectivity index (χ2n) is 4.82. The average Bonchev–Trinajstić information content (AvgIpc) is 3.22. The number of pyridine rings is 1. The highest BCUT2D eigenvalue weighted by Gasteiger charge is 2.20. The molecule has 0 amide bonds. The second kappa shape index (κ2) is 4.86. The molecule has 1 saturated carbocycles. The molecule has 1 N–H and O–H groups in total. The monoisotopic (exact) mass is 240 g/mol. The molecule has 0 spiro atoms. The minimum Gasteiger partial charge on any atom is -0.314 e. The van der Waals surface area contributed by atoms with Crippen molar-refractivity contribution < 1.29 is 4.79 Å². The van der Waals surface area contributed by atoms with Crippen LogP contribution in [-0.2, 0) is 0 Å². The van der Waals surface area contributed by atoms with Crippen molar-refractivity contribution in [1.82, 2.24) is 10.3 Å². The molecular formula is C15H16N2O. The molecule has 1 aliphatic carbocycles. The van der Waals surface area contributed by atoms with Gasteiger partial charge < -0.3 is 5.32 Å². The van der Waals surface area contributed by atoms with E-state index in [-0.39, 0.29) is 5.78 Å². The fraction of sp³-hybridized carbons (Fsp3) is 0.333. The third kappa shape index (κ3) is 2.57. The van der Waals surface area contributed by atoms with E-state index in [9.17, 15) is 4.79 Å². The first-order valence-electron chi connectivity index (χ1n) is 6.44. The largest absolute Gasteiger partial charge is 0.314 e. The Kier molecular flexibility index (Phi) is 3.07. The normalized spacial score (nSPS) is 14.9. The van der Waals surface area contributed by atoms with Gasteiger partial charge >= 0.3 is 0 Å². The molecule has 0 unspecified atom stereocenters. The molecule has 1 fully saturated rings. The fourth-order valence-corrected chi connectivity index (χ4v) is 2.05. The lowest BCUT2D eigenvalue weighted by Gasteiger charge is -2.03. The summed E-state index contributed by atoms with van der Waals surface area (Å²) in [5.41, 5.74) is 1.65. The maximum atomic E-state index is 12.0. The Balaban J connectivity index is 1.69. The zero-order chi connectivity index (χ0) is 12.4. The van der Waals surface area contributed by atoms with Crippen LogP contribution in [0.2, 0.25) is 0 Å². The number of benzene rings is 1. The van der Waals surface area contributed by atoms with Gasteiger partial charge in [0.25, 0.3) is 0 Å². The number of carbonyl (C=O) groups is 1. The Hall–Kier alpha value is -1.74. The van der Waals surface area contributed by atoms with E-state index >= 15 is 0 Å². The molecule has 2 aromatic rings. The number of carbonyl (C=O) groups excluding carboxylic acids is 1. The summed E-state index contributed by atoms with van der Waals surface area (Å²) in [6.45, 7) is 0.774. The van der Waals surface area contributed by atoms with E-state index in [0.717, 1.165) is 17.4 Å². The number of hydrogen-bond donors (Lipinski definition) is 1. The number of para-hydroxylation sites is 1. The van der Waals surface area contributed by atoms with E-state index in [2.05, 4.69) is 10.3 Å². The van der Waals surface area contributed by atoms with Crippen LogP contribution in [0.15, 0.2) is 36.5 Å². The molecule has 18 heavy (non-hydrogen) atoms. The van der Waals surface area contributed by atoms with E-state index in [1.54, 1.807) is 6.20 Å². The Morgan fingerprint density at radius 2 is 2.17 bits per heavy atom. The van der Waals surface area contributed by atoms with Crippen molar-refractivity contribution in [2.75, 3.05) is 6.54 Å². The van der Waals surface area contributed by atoms with Gasteiger partial charge in [-0.25, -0.2) is 0 Å². The van der Waals surface area contributed by atoms with Crippen LogP contribution in [0, 0.1) is 0 Å². The molecule has 3 nitrogen and oxygen atoms in total. The Morgan fingerprint density at radius 1 is 1.33 bits per heavy atom. The van der Waals surface area contributed by atoms with Gasteiger partial charge in [0.1, 0.15) is 0 Å². The van der Waals surface area contributed by atoms with Gasteiger partial charge in [0, 0.05) is 36.2 Å². The quantitative estimate of drug-likeness (QED) is 0.817. The van der Waals surface area contributed by atoms with Crippen LogP contribution in [0.1, 0.15) is 29.6 Å². The fourth-order valence-electron chi connectivity index (χ4n) is 2.05.